The lowest BCUT2D eigenvalue weighted by Crippen LogP contribution is -2.59. The summed E-state index contributed by atoms with van der Waals surface area (Å²) in [4.78, 5) is 38.0. The van der Waals surface area contributed by atoms with Crippen molar-refractivity contribution in [3.05, 3.63) is 23.5 Å². The number of hydrogen-bond donors (Lipinski definition) is 3. The van der Waals surface area contributed by atoms with E-state index in [1.165, 1.54) is 13.2 Å². The normalized spacial score (nSPS) is 30.1. The predicted molar refractivity (Wildman–Crippen MR) is 135 cm³/mol. The lowest BCUT2D eigenvalue weighted by Gasteiger charge is -2.35. The Hall–Kier alpha value is -3.05. The van der Waals surface area contributed by atoms with Crippen LogP contribution in [-0.4, -0.2) is 53.9 Å². The van der Waals surface area contributed by atoms with Crippen molar-refractivity contribution < 1.29 is 46.5 Å². The number of carboxylic acid groups (broad SMARTS) is 1. The minimum absolute atomic E-state index is 0.0392. The standard InChI is InChI=1S/C28H36F4N2O6/c1-26(2,28(30,31)32)34-24(36)21-14-5-6-15(11-14)22(21)33-23(35)17-12-20(18(29)13-19(17)39-4)40-16-7-9-27(3,10-8-16)25(37)38/h12-16,21-22H,5-11H2,1-4H3,(H,33,35)(H,34,36)(H,37,38)/t14-,15+,16?,21+,22-,27?/m1/s1. The zero-order valence-corrected chi connectivity index (χ0v) is 23.0. The third-order valence-electron chi connectivity index (χ3n) is 9.01. The number of alkyl halides is 3. The minimum atomic E-state index is -4.65. The number of benzene rings is 1. The van der Waals surface area contributed by atoms with Gasteiger partial charge in [0, 0.05) is 12.1 Å². The van der Waals surface area contributed by atoms with E-state index in [1.807, 2.05) is 0 Å². The van der Waals surface area contributed by atoms with Gasteiger partial charge in [-0.25, -0.2) is 4.39 Å². The summed E-state index contributed by atoms with van der Waals surface area (Å²) >= 11 is 0. The van der Waals surface area contributed by atoms with Crippen molar-refractivity contribution in [3.8, 4) is 11.5 Å². The Balaban J connectivity index is 1.51. The second-order valence-electron chi connectivity index (χ2n) is 12.1. The zero-order valence-electron chi connectivity index (χ0n) is 23.0. The molecule has 0 saturated heterocycles. The van der Waals surface area contributed by atoms with Crippen LogP contribution >= 0.6 is 0 Å². The molecule has 3 fully saturated rings. The highest BCUT2D eigenvalue weighted by atomic mass is 19.4. The number of methoxy groups -OCH3 is 1. The maximum absolute atomic E-state index is 14.9. The van der Waals surface area contributed by atoms with Gasteiger partial charge in [-0.2, -0.15) is 13.2 Å². The van der Waals surface area contributed by atoms with E-state index in [1.54, 1.807) is 6.92 Å². The van der Waals surface area contributed by atoms with Crippen LogP contribution in [0, 0.1) is 29.0 Å². The van der Waals surface area contributed by atoms with E-state index in [-0.39, 0.29) is 28.9 Å². The van der Waals surface area contributed by atoms with Crippen molar-refractivity contribution in [1.29, 1.82) is 0 Å². The van der Waals surface area contributed by atoms with Gasteiger partial charge in [-0.05, 0) is 83.6 Å². The van der Waals surface area contributed by atoms with Crippen LogP contribution in [0.25, 0.3) is 0 Å². The van der Waals surface area contributed by atoms with Crippen LogP contribution in [0.5, 0.6) is 11.5 Å². The lowest BCUT2D eigenvalue weighted by atomic mass is 9.75. The molecule has 222 valence electrons. The van der Waals surface area contributed by atoms with E-state index in [0.29, 0.717) is 38.5 Å². The number of nitrogens with one attached hydrogen (secondary N) is 2. The number of halogens is 4. The smallest absolute Gasteiger partial charge is 0.410 e. The number of amides is 2. The van der Waals surface area contributed by atoms with E-state index >= 15 is 0 Å². The first-order valence-electron chi connectivity index (χ1n) is 13.5. The molecule has 40 heavy (non-hydrogen) atoms. The van der Waals surface area contributed by atoms with E-state index in [2.05, 4.69) is 10.6 Å². The Labute approximate surface area is 230 Å². The van der Waals surface area contributed by atoms with E-state index in [0.717, 1.165) is 26.3 Å². The van der Waals surface area contributed by atoms with Crippen molar-refractivity contribution >= 4 is 17.8 Å². The molecule has 2 bridgehead atoms. The molecule has 0 unspecified atom stereocenters. The van der Waals surface area contributed by atoms with Crippen LogP contribution in [0.15, 0.2) is 12.1 Å². The molecule has 0 radical (unpaired) electrons. The number of carbonyl (C=O) groups excluding carboxylic acids is 2. The van der Waals surface area contributed by atoms with E-state index in [9.17, 15) is 37.1 Å². The van der Waals surface area contributed by atoms with Crippen LogP contribution in [0.1, 0.15) is 76.1 Å². The third kappa shape index (κ3) is 5.72. The largest absolute Gasteiger partial charge is 0.496 e. The van der Waals surface area contributed by atoms with Crippen molar-refractivity contribution in [3.63, 3.8) is 0 Å². The Kier molecular flexibility index (Phi) is 8.03. The lowest BCUT2D eigenvalue weighted by molar-refractivity contribution is -0.189. The molecule has 0 spiro atoms. The molecule has 2 amide bonds. The number of hydrogen-bond acceptors (Lipinski definition) is 5. The number of carbonyl (C=O) groups is 3. The topological polar surface area (TPSA) is 114 Å². The highest BCUT2D eigenvalue weighted by molar-refractivity contribution is 5.98. The Morgan fingerprint density at radius 3 is 2.23 bits per heavy atom. The molecule has 0 aliphatic heterocycles. The van der Waals surface area contributed by atoms with Gasteiger partial charge in [0.05, 0.1) is 30.1 Å². The predicted octanol–water partition coefficient (Wildman–Crippen LogP) is 4.85. The Bertz CT molecular complexity index is 1160. The maximum Gasteiger partial charge on any atom is 0.410 e. The summed E-state index contributed by atoms with van der Waals surface area (Å²) in [7, 11) is 1.27. The molecule has 0 heterocycles. The fraction of sp³-hybridized carbons (Fsp3) is 0.679. The number of ether oxygens (including phenoxy) is 2. The summed E-state index contributed by atoms with van der Waals surface area (Å²) in [5.74, 6) is -4.40. The summed E-state index contributed by atoms with van der Waals surface area (Å²) < 4.78 is 66.2. The van der Waals surface area contributed by atoms with Crippen molar-refractivity contribution in [1.82, 2.24) is 10.6 Å². The van der Waals surface area contributed by atoms with Crippen LogP contribution < -0.4 is 20.1 Å². The fourth-order valence-electron chi connectivity index (χ4n) is 6.28. The molecule has 1 aromatic rings. The van der Waals surface area contributed by atoms with Gasteiger partial charge in [-0.15, -0.1) is 0 Å². The average molecular weight is 573 g/mol. The van der Waals surface area contributed by atoms with Crippen molar-refractivity contribution in [2.24, 2.45) is 23.2 Å². The molecule has 0 aromatic heterocycles. The summed E-state index contributed by atoms with van der Waals surface area (Å²) in [6.45, 7) is 3.45. The van der Waals surface area contributed by atoms with Gasteiger partial charge >= 0.3 is 12.1 Å². The molecule has 3 saturated carbocycles. The van der Waals surface area contributed by atoms with Gasteiger partial charge in [0.2, 0.25) is 5.91 Å². The number of fused-ring (bicyclic) bond motifs is 2. The molecule has 4 rings (SSSR count). The molecular formula is C28H36F4N2O6. The third-order valence-corrected chi connectivity index (χ3v) is 9.01. The second-order valence-corrected chi connectivity index (χ2v) is 12.1. The Morgan fingerprint density at radius 1 is 1.02 bits per heavy atom. The maximum atomic E-state index is 14.9. The van der Waals surface area contributed by atoms with Gasteiger partial charge in [0.25, 0.3) is 5.91 Å². The summed E-state index contributed by atoms with van der Waals surface area (Å²) in [5, 5.41) is 14.4. The molecule has 3 aliphatic rings. The monoisotopic (exact) mass is 572 g/mol. The molecule has 1 aromatic carbocycles. The van der Waals surface area contributed by atoms with Crippen LogP contribution in [0.2, 0.25) is 0 Å². The molecule has 12 heteroatoms. The quantitative estimate of drug-likeness (QED) is 0.384. The molecule has 3 aliphatic carbocycles. The van der Waals surface area contributed by atoms with Crippen LogP contribution in [0.4, 0.5) is 17.6 Å². The SMILES string of the molecule is COc1cc(F)c(OC2CCC(C)(C(=O)O)CC2)cc1C(=O)N[C@@H]1[C@H]2CC[C@H](C2)[C@@H]1C(=O)NC(C)(C)C(F)(F)F. The first-order chi connectivity index (χ1) is 18.6. The average Bonchev–Trinajstić information content (AvgIpc) is 3.47. The molecule has 8 nitrogen and oxygen atoms in total. The highest BCUT2D eigenvalue weighted by Gasteiger charge is 2.55. The Morgan fingerprint density at radius 2 is 1.65 bits per heavy atom. The molecule has 4 atom stereocenters. The highest BCUT2D eigenvalue weighted by Crippen LogP contribution is 2.49. The number of rotatable bonds is 8. The van der Waals surface area contributed by atoms with Crippen molar-refractivity contribution in [2.45, 2.75) is 89.6 Å². The molecular weight excluding hydrogens is 536 g/mol. The summed E-state index contributed by atoms with van der Waals surface area (Å²) in [5.41, 5.74) is -3.35. The van der Waals surface area contributed by atoms with Crippen LogP contribution in [0.3, 0.4) is 0 Å². The van der Waals surface area contributed by atoms with Gasteiger partial charge in [-0.1, -0.05) is 0 Å². The zero-order chi connectivity index (χ0) is 29.6. The van der Waals surface area contributed by atoms with E-state index < -0.39 is 58.8 Å². The minimum Gasteiger partial charge on any atom is -0.496 e. The van der Waals surface area contributed by atoms with Gasteiger partial charge in [0.1, 0.15) is 11.3 Å². The first-order valence-corrected chi connectivity index (χ1v) is 13.5. The number of aliphatic carboxylic acids is 1. The van der Waals surface area contributed by atoms with Gasteiger partial charge in [0.15, 0.2) is 11.6 Å². The first kappa shape index (κ1) is 29.9. The second kappa shape index (κ2) is 10.7. The summed E-state index contributed by atoms with van der Waals surface area (Å²) in [6, 6.07) is 1.54. The number of carboxylic acids is 1. The van der Waals surface area contributed by atoms with Crippen LogP contribution in [-0.2, 0) is 9.59 Å². The molecule has 3 N–H and O–H groups in total. The van der Waals surface area contributed by atoms with E-state index in [4.69, 9.17) is 9.47 Å². The van der Waals surface area contributed by atoms with Crippen molar-refractivity contribution in [2.75, 3.05) is 7.11 Å². The van der Waals surface area contributed by atoms with Gasteiger partial charge < -0.3 is 25.2 Å². The van der Waals surface area contributed by atoms with Gasteiger partial charge in [-0.3, -0.25) is 14.4 Å². The summed E-state index contributed by atoms with van der Waals surface area (Å²) in [6.07, 6.45) is -1.56. The fourth-order valence-corrected chi connectivity index (χ4v) is 6.28.